The Bertz CT molecular complexity index is 791. The van der Waals surface area contributed by atoms with Crippen molar-refractivity contribution in [3.8, 4) is 5.75 Å². The molecule has 1 N–H and O–H groups in total. The molecule has 0 saturated carbocycles. The van der Waals surface area contributed by atoms with Crippen molar-refractivity contribution < 1.29 is 4.74 Å². The number of hydrogen-bond donors (Lipinski definition) is 1. The number of nitrogens with zero attached hydrogens (tertiary/aromatic N) is 1. The molecule has 1 aromatic heterocycles. The van der Waals surface area contributed by atoms with E-state index >= 15 is 0 Å². The highest BCUT2D eigenvalue weighted by Gasteiger charge is 2.06. The Balaban J connectivity index is 1.90. The second kappa shape index (κ2) is 5.17. The van der Waals surface area contributed by atoms with Crippen molar-refractivity contribution in [1.82, 2.24) is 10.2 Å². The monoisotopic (exact) mass is 266 g/mol. The second-order valence-corrected chi connectivity index (χ2v) is 4.65. The van der Waals surface area contributed by atoms with Crippen molar-refractivity contribution >= 4 is 10.8 Å². The Hall–Kier alpha value is -2.62. The van der Waals surface area contributed by atoms with Gasteiger partial charge in [0.05, 0.1) is 5.39 Å². The fourth-order valence-corrected chi connectivity index (χ4v) is 2.07. The molecule has 0 fully saturated rings. The summed E-state index contributed by atoms with van der Waals surface area (Å²) >= 11 is 0. The number of aryl methyl sites for hydroxylation is 1. The second-order valence-electron chi connectivity index (χ2n) is 4.65. The molecule has 3 aromatic rings. The molecule has 0 amide bonds. The molecule has 100 valence electrons. The van der Waals surface area contributed by atoms with Gasteiger partial charge in [-0.3, -0.25) is 4.79 Å². The van der Waals surface area contributed by atoms with Crippen LogP contribution in [0, 0.1) is 6.92 Å². The van der Waals surface area contributed by atoms with Crippen LogP contribution in [-0.2, 0) is 6.61 Å². The van der Waals surface area contributed by atoms with Crippen molar-refractivity contribution in [2.75, 3.05) is 0 Å². The van der Waals surface area contributed by atoms with Crippen LogP contribution in [0.1, 0.15) is 11.3 Å². The van der Waals surface area contributed by atoms with Crippen LogP contribution in [0.25, 0.3) is 10.8 Å². The summed E-state index contributed by atoms with van der Waals surface area (Å²) in [5, 5.41) is 8.03. The smallest absolute Gasteiger partial charge is 0.272 e. The summed E-state index contributed by atoms with van der Waals surface area (Å²) in [6, 6.07) is 15.2. The topological polar surface area (TPSA) is 55.0 Å². The van der Waals surface area contributed by atoms with Gasteiger partial charge in [-0.25, -0.2) is 5.10 Å². The summed E-state index contributed by atoms with van der Waals surface area (Å²) in [4.78, 5) is 11.7. The highest BCUT2D eigenvalue weighted by Crippen LogP contribution is 2.16. The molecule has 0 unspecified atom stereocenters. The molecule has 0 saturated heterocycles. The van der Waals surface area contributed by atoms with E-state index in [1.807, 2.05) is 49.4 Å². The molecule has 0 aliphatic heterocycles. The van der Waals surface area contributed by atoms with Gasteiger partial charge in [-0.1, -0.05) is 35.9 Å². The average Bonchev–Trinajstić information content (AvgIpc) is 2.49. The lowest BCUT2D eigenvalue weighted by atomic mass is 10.1. The van der Waals surface area contributed by atoms with Gasteiger partial charge in [0.15, 0.2) is 0 Å². The third-order valence-electron chi connectivity index (χ3n) is 3.17. The van der Waals surface area contributed by atoms with Crippen LogP contribution in [0.4, 0.5) is 0 Å². The van der Waals surface area contributed by atoms with Gasteiger partial charge in [0.25, 0.3) is 5.56 Å². The van der Waals surface area contributed by atoms with Crippen molar-refractivity contribution in [1.29, 1.82) is 0 Å². The Morgan fingerprint density at radius 3 is 2.50 bits per heavy atom. The maximum atomic E-state index is 11.7. The summed E-state index contributed by atoms with van der Waals surface area (Å²) in [6.45, 7) is 2.35. The van der Waals surface area contributed by atoms with Crippen LogP contribution in [0.3, 0.4) is 0 Å². The molecule has 0 radical (unpaired) electrons. The number of nitrogens with one attached hydrogen (secondary N) is 1. The van der Waals surface area contributed by atoms with E-state index in [1.54, 1.807) is 6.07 Å². The third kappa shape index (κ3) is 2.40. The van der Waals surface area contributed by atoms with Crippen LogP contribution in [-0.4, -0.2) is 10.2 Å². The van der Waals surface area contributed by atoms with Gasteiger partial charge < -0.3 is 4.74 Å². The normalized spacial score (nSPS) is 10.7. The summed E-state index contributed by atoms with van der Waals surface area (Å²) in [5.74, 6) is 0.785. The lowest BCUT2D eigenvalue weighted by molar-refractivity contribution is 0.301. The number of hydrogen-bond acceptors (Lipinski definition) is 3. The van der Waals surface area contributed by atoms with Gasteiger partial charge >= 0.3 is 0 Å². The van der Waals surface area contributed by atoms with Gasteiger partial charge in [0.2, 0.25) is 0 Å². The van der Waals surface area contributed by atoms with Crippen LogP contribution in [0.15, 0.2) is 53.3 Å². The van der Waals surface area contributed by atoms with Crippen LogP contribution in [0.5, 0.6) is 5.75 Å². The first-order valence-corrected chi connectivity index (χ1v) is 6.40. The van der Waals surface area contributed by atoms with Gasteiger partial charge in [0, 0.05) is 5.39 Å². The van der Waals surface area contributed by atoms with Crippen molar-refractivity contribution in [2.24, 2.45) is 0 Å². The van der Waals surface area contributed by atoms with Crippen LogP contribution >= 0.6 is 0 Å². The highest BCUT2D eigenvalue weighted by atomic mass is 16.5. The molecule has 1 heterocycles. The highest BCUT2D eigenvalue weighted by molar-refractivity contribution is 5.83. The number of aromatic amines is 1. The first-order valence-electron chi connectivity index (χ1n) is 6.40. The van der Waals surface area contributed by atoms with Gasteiger partial charge in [-0.2, -0.15) is 5.10 Å². The zero-order chi connectivity index (χ0) is 13.9. The molecule has 4 nitrogen and oxygen atoms in total. The molecule has 0 spiro atoms. The largest absolute Gasteiger partial charge is 0.487 e. The van der Waals surface area contributed by atoms with Crippen molar-refractivity contribution in [2.45, 2.75) is 13.5 Å². The number of fused-ring (bicyclic) bond motifs is 1. The van der Waals surface area contributed by atoms with E-state index in [0.717, 1.165) is 16.8 Å². The van der Waals surface area contributed by atoms with Crippen molar-refractivity contribution in [3.05, 3.63) is 70.1 Å². The number of rotatable bonds is 3. The molecule has 0 aliphatic carbocycles. The van der Waals surface area contributed by atoms with Gasteiger partial charge in [-0.05, 0) is 25.1 Å². The summed E-state index contributed by atoms with van der Waals surface area (Å²) in [6.07, 6.45) is 0. The van der Waals surface area contributed by atoms with E-state index in [0.29, 0.717) is 12.0 Å². The molecule has 0 atom stereocenters. The van der Waals surface area contributed by atoms with E-state index < -0.39 is 0 Å². The Morgan fingerprint density at radius 1 is 1.05 bits per heavy atom. The predicted molar refractivity (Wildman–Crippen MR) is 77.9 cm³/mol. The minimum atomic E-state index is -0.181. The first-order chi connectivity index (χ1) is 9.74. The summed E-state index contributed by atoms with van der Waals surface area (Å²) in [7, 11) is 0. The maximum Gasteiger partial charge on any atom is 0.272 e. The van der Waals surface area contributed by atoms with Crippen molar-refractivity contribution in [3.63, 3.8) is 0 Å². The molecular weight excluding hydrogens is 252 g/mol. The minimum Gasteiger partial charge on any atom is -0.487 e. The lowest BCUT2D eigenvalue weighted by Gasteiger charge is -2.07. The van der Waals surface area contributed by atoms with Gasteiger partial charge in [-0.15, -0.1) is 0 Å². The molecule has 4 heteroatoms. The SMILES string of the molecule is Cc1ccc(OCc2n[nH]c(=O)c3ccccc23)cc1. The Morgan fingerprint density at radius 2 is 1.75 bits per heavy atom. The van der Waals surface area contributed by atoms with E-state index in [1.165, 1.54) is 5.56 Å². The van der Waals surface area contributed by atoms with E-state index in [4.69, 9.17) is 4.74 Å². The molecule has 20 heavy (non-hydrogen) atoms. The van der Waals surface area contributed by atoms with E-state index in [-0.39, 0.29) is 5.56 Å². The predicted octanol–water partition coefficient (Wildman–Crippen LogP) is 2.81. The molecule has 2 aromatic carbocycles. The fourth-order valence-electron chi connectivity index (χ4n) is 2.07. The quantitative estimate of drug-likeness (QED) is 0.793. The minimum absolute atomic E-state index is 0.181. The van der Waals surface area contributed by atoms with Crippen LogP contribution < -0.4 is 10.3 Å². The first kappa shape index (κ1) is 12.4. The average molecular weight is 266 g/mol. The molecule has 3 rings (SSSR count). The Labute approximate surface area is 116 Å². The molecule has 0 aliphatic rings. The number of H-pyrrole nitrogens is 1. The number of ether oxygens (including phenoxy) is 1. The van der Waals surface area contributed by atoms with E-state index in [2.05, 4.69) is 10.2 Å². The summed E-state index contributed by atoms with van der Waals surface area (Å²) < 4.78 is 5.71. The zero-order valence-electron chi connectivity index (χ0n) is 11.1. The standard InChI is InChI=1S/C16H14N2O2/c1-11-6-8-12(9-7-11)20-10-15-13-4-2-3-5-14(13)16(19)18-17-15/h2-9H,10H2,1H3,(H,18,19). The molecular formula is C16H14N2O2. The zero-order valence-corrected chi connectivity index (χ0v) is 11.1. The number of aromatic nitrogens is 2. The maximum absolute atomic E-state index is 11.7. The lowest BCUT2D eigenvalue weighted by Crippen LogP contribution is -2.12. The third-order valence-corrected chi connectivity index (χ3v) is 3.17. The Kier molecular flexibility index (Phi) is 3.21. The van der Waals surface area contributed by atoms with E-state index in [9.17, 15) is 4.79 Å². The number of benzene rings is 2. The molecule has 0 bridgehead atoms. The fraction of sp³-hybridized carbons (Fsp3) is 0.125. The summed E-state index contributed by atoms with van der Waals surface area (Å²) in [5.41, 5.74) is 1.73. The van der Waals surface area contributed by atoms with Crippen LogP contribution in [0.2, 0.25) is 0 Å². The van der Waals surface area contributed by atoms with Gasteiger partial charge in [0.1, 0.15) is 18.1 Å².